The van der Waals surface area contributed by atoms with Gasteiger partial charge in [-0.1, -0.05) is 49.1 Å². The molecule has 0 unspecified atom stereocenters. The van der Waals surface area contributed by atoms with E-state index in [4.69, 9.17) is 0 Å². The minimum Gasteiger partial charge on any atom is -0.346 e. The number of aromatic nitrogens is 4. The van der Waals surface area contributed by atoms with Gasteiger partial charge in [-0.15, -0.1) is 0 Å². The van der Waals surface area contributed by atoms with Crippen LogP contribution >= 0.6 is 31.9 Å². The molecule has 0 spiro atoms. The summed E-state index contributed by atoms with van der Waals surface area (Å²) in [7, 11) is 0. The maximum atomic E-state index is 13.8. The second-order valence-corrected chi connectivity index (χ2v) is 7.48. The van der Waals surface area contributed by atoms with Crippen LogP contribution in [0.4, 0.5) is 10.3 Å². The standard InChI is InChI=1S/C16H12Br2FN5/c17-11-3-1-2-9(4-11)15-8-14(20-16-21-22-23-24(15)16)10-5-12(18)7-13(19)6-10/h1-7,14-15H,8H2,(H,20,21,23)/t14-,15+/m1/s1. The summed E-state index contributed by atoms with van der Waals surface area (Å²) in [6, 6.07) is 12.9. The van der Waals surface area contributed by atoms with Crippen LogP contribution in [0.2, 0.25) is 0 Å². The Morgan fingerprint density at radius 3 is 2.71 bits per heavy atom. The summed E-state index contributed by atoms with van der Waals surface area (Å²) in [5.74, 6) is 0.307. The monoisotopic (exact) mass is 451 g/mol. The Morgan fingerprint density at radius 1 is 1.08 bits per heavy atom. The fourth-order valence-electron chi connectivity index (χ4n) is 3.02. The average Bonchev–Trinajstić information content (AvgIpc) is 3.01. The average molecular weight is 453 g/mol. The molecule has 0 radical (unpaired) electrons. The van der Waals surface area contributed by atoms with Crippen molar-refractivity contribution in [1.29, 1.82) is 0 Å². The van der Waals surface area contributed by atoms with Crippen LogP contribution in [0, 0.1) is 5.82 Å². The number of tetrazole rings is 1. The van der Waals surface area contributed by atoms with Gasteiger partial charge in [0.15, 0.2) is 0 Å². The Morgan fingerprint density at radius 2 is 1.92 bits per heavy atom. The molecule has 0 amide bonds. The third kappa shape index (κ3) is 2.95. The van der Waals surface area contributed by atoms with E-state index in [1.54, 1.807) is 10.7 Å². The smallest absolute Gasteiger partial charge is 0.243 e. The molecule has 1 aliphatic rings. The topological polar surface area (TPSA) is 55.6 Å². The van der Waals surface area contributed by atoms with Crippen molar-refractivity contribution in [2.45, 2.75) is 18.5 Å². The first-order chi connectivity index (χ1) is 11.6. The molecule has 122 valence electrons. The molecule has 4 rings (SSSR count). The van der Waals surface area contributed by atoms with E-state index >= 15 is 0 Å². The summed E-state index contributed by atoms with van der Waals surface area (Å²) >= 11 is 6.86. The van der Waals surface area contributed by atoms with Crippen LogP contribution in [0.3, 0.4) is 0 Å². The highest BCUT2D eigenvalue weighted by Gasteiger charge is 2.31. The van der Waals surface area contributed by atoms with Crippen molar-refractivity contribution in [2.24, 2.45) is 0 Å². The zero-order chi connectivity index (χ0) is 16.7. The predicted molar refractivity (Wildman–Crippen MR) is 95.2 cm³/mol. The number of nitrogens with one attached hydrogen (secondary N) is 1. The van der Waals surface area contributed by atoms with Crippen LogP contribution in [0.15, 0.2) is 51.4 Å². The molecular weight excluding hydrogens is 441 g/mol. The highest BCUT2D eigenvalue weighted by Crippen LogP contribution is 2.38. The maximum absolute atomic E-state index is 13.8. The van der Waals surface area contributed by atoms with E-state index in [0.717, 1.165) is 15.6 Å². The van der Waals surface area contributed by atoms with Crippen molar-refractivity contribution in [3.8, 4) is 0 Å². The zero-order valence-corrected chi connectivity index (χ0v) is 15.5. The Bertz CT molecular complexity index is 877. The molecule has 24 heavy (non-hydrogen) atoms. The Hall–Kier alpha value is -1.80. The fraction of sp³-hybridized carbons (Fsp3) is 0.188. The van der Waals surface area contributed by atoms with Crippen LogP contribution in [0.5, 0.6) is 0 Å². The van der Waals surface area contributed by atoms with Crippen molar-refractivity contribution in [3.63, 3.8) is 0 Å². The number of nitrogens with zero attached hydrogens (tertiary/aromatic N) is 4. The lowest BCUT2D eigenvalue weighted by molar-refractivity contribution is 0.423. The van der Waals surface area contributed by atoms with E-state index in [9.17, 15) is 4.39 Å². The Labute approximate surface area is 154 Å². The van der Waals surface area contributed by atoms with Gasteiger partial charge in [0.25, 0.3) is 0 Å². The Kier molecular flexibility index (Phi) is 4.09. The van der Waals surface area contributed by atoms with Crippen molar-refractivity contribution in [1.82, 2.24) is 20.2 Å². The molecule has 2 heterocycles. The quantitative estimate of drug-likeness (QED) is 0.622. The lowest BCUT2D eigenvalue weighted by Gasteiger charge is -2.31. The summed E-state index contributed by atoms with van der Waals surface area (Å²) in [6.45, 7) is 0. The molecule has 5 nitrogen and oxygen atoms in total. The number of rotatable bonds is 2. The first-order valence-electron chi connectivity index (χ1n) is 7.36. The molecule has 0 bridgehead atoms. The van der Waals surface area contributed by atoms with Crippen LogP contribution in [-0.4, -0.2) is 20.2 Å². The number of hydrogen-bond acceptors (Lipinski definition) is 4. The molecule has 0 saturated carbocycles. The predicted octanol–water partition coefficient (Wildman–Crippen LogP) is 4.48. The van der Waals surface area contributed by atoms with Gasteiger partial charge in [0.1, 0.15) is 5.82 Å². The third-order valence-corrected chi connectivity index (χ3v) is 5.02. The molecule has 1 aromatic heterocycles. The van der Waals surface area contributed by atoms with Gasteiger partial charge in [-0.25, -0.2) is 9.07 Å². The molecule has 0 saturated heterocycles. The minimum atomic E-state index is -0.273. The van der Waals surface area contributed by atoms with Crippen molar-refractivity contribution in [3.05, 3.63) is 68.4 Å². The number of anilines is 1. The molecule has 1 N–H and O–H groups in total. The number of hydrogen-bond donors (Lipinski definition) is 1. The van der Waals surface area contributed by atoms with Gasteiger partial charge >= 0.3 is 0 Å². The zero-order valence-electron chi connectivity index (χ0n) is 12.3. The minimum absolute atomic E-state index is 0.0270. The number of benzene rings is 2. The molecule has 1 aliphatic heterocycles. The Balaban J connectivity index is 1.76. The first-order valence-corrected chi connectivity index (χ1v) is 8.94. The molecule has 0 aliphatic carbocycles. The molecular formula is C16H12Br2FN5. The van der Waals surface area contributed by atoms with Crippen LogP contribution in [-0.2, 0) is 0 Å². The normalized spacial score (nSPS) is 19.6. The summed E-state index contributed by atoms with van der Waals surface area (Å²) < 4.78 is 17.3. The van der Waals surface area contributed by atoms with Gasteiger partial charge < -0.3 is 5.32 Å². The van der Waals surface area contributed by atoms with Gasteiger partial charge in [-0.05, 0) is 58.3 Å². The molecule has 3 aromatic rings. The highest BCUT2D eigenvalue weighted by molar-refractivity contribution is 9.10. The summed E-state index contributed by atoms with van der Waals surface area (Å²) in [4.78, 5) is 0. The molecule has 8 heteroatoms. The van der Waals surface area contributed by atoms with E-state index in [-0.39, 0.29) is 17.9 Å². The van der Waals surface area contributed by atoms with Crippen LogP contribution in [0.1, 0.15) is 29.6 Å². The van der Waals surface area contributed by atoms with Gasteiger partial charge in [0.2, 0.25) is 5.95 Å². The maximum Gasteiger partial charge on any atom is 0.243 e. The van der Waals surface area contributed by atoms with Gasteiger partial charge in [0, 0.05) is 8.95 Å². The van der Waals surface area contributed by atoms with Gasteiger partial charge in [-0.2, -0.15) is 0 Å². The van der Waals surface area contributed by atoms with Crippen LogP contribution in [0.25, 0.3) is 0 Å². The van der Waals surface area contributed by atoms with Crippen molar-refractivity contribution < 1.29 is 4.39 Å². The van der Waals surface area contributed by atoms with Crippen LogP contribution < -0.4 is 5.32 Å². The first kappa shape index (κ1) is 15.7. The van der Waals surface area contributed by atoms with E-state index < -0.39 is 0 Å². The van der Waals surface area contributed by atoms with Crippen molar-refractivity contribution in [2.75, 3.05) is 5.32 Å². The summed E-state index contributed by atoms with van der Waals surface area (Å²) in [6.07, 6.45) is 0.713. The van der Waals surface area contributed by atoms with Gasteiger partial charge in [-0.3, -0.25) is 0 Å². The largest absolute Gasteiger partial charge is 0.346 e. The molecule has 0 fully saturated rings. The summed E-state index contributed by atoms with van der Waals surface area (Å²) in [5, 5.41) is 15.2. The fourth-order valence-corrected chi connectivity index (χ4v) is 3.92. The number of fused-ring (bicyclic) bond motifs is 1. The highest BCUT2D eigenvalue weighted by atomic mass is 79.9. The summed E-state index contributed by atoms with van der Waals surface area (Å²) in [5.41, 5.74) is 1.95. The van der Waals surface area contributed by atoms with Crippen molar-refractivity contribution >= 4 is 37.8 Å². The van der Waals surface area contributed by atoms with E-state index in [1.165, 1.54) is 6.07 Å². The number of halogens is 3. The lowest BCUT2D eigenvalue weighted by atomic mass is 9.93. The van der Waals surface area contributed by atoms with E-state index in [2.05, 4.69) is 58.8 Å². The van der Waals surface area contributed by atoms with Gasteiger partial charge in [0.05, 0.1) is 12.1 Å². The third-order valence-electron chi connectivity index (χ3n) is 4.07. The molecule has 2 atom stereocenters. The second kappa shape index (κ2) is 6.25. The lowest BCUT2D eigenvalue weighted by Crippen LogP contribution is -2.28. The SMILES string of the molecule is Fc1cc(Br)cc([C@H]2C[C@@H](c3cccc(Br)c3)n3nnnc3N2)c1. The molecule has 2 aromatic carbocycles. The van der Waals surface area contributed by atoms with E-state index in [1.807, 2.05) is 24.3 Å². The van der Waals surface area contributed by atoms with E-state index in [0.29, 0.717) is 16.8 Å². The second-order valence-electron chi connectivity index (χ2n) is 5.65.